The van der Waals surface area contributed by atoms with Gasteiger partial charge in [0.15, 0.2) is 0 Å². The van der Waals surface area contributed by atoms with Gasteiger partial charge in [-0.2, -0.15) is 0 Å². The van der Waals surface area contributed by atoms with Gasteiger partial charge in [-0.1, -0.05) is 54.6 Å². The van der Waals surface area contributed by atoms with Gasteiger partial charge in [-0.25, -0.2) is 4.79 Å². The highest BCUT2D eigenvalue weighted by Crippen LogP contribution is 2.18. The lowest BCUT2D eigenvalue weighted by Gasteiger charge is -2.22. The van der Waals surface area contributed by atoms with Gasteiger partial charge in [-0.15, -0.1) is 13.2 Å². The fourth-order valence-electron chi connectivity index (χ4n) is 3.41. The number of carbonyl (C=O) groups is 3. The number of ether oxygens (including phenoxy) is 3. The number of carbonyl (C=O) groups excluding carboxylic acids is 3. The lowest BCUT2D eigenvalue weighted by molar-refractivity contribution is -0.149. The van der Waals surface area contributed by atoms with Gasteiger partial charge in [0.2, 0.25) is 5.91 Å². The second-order valence-corrected chi connectivity index (χ2v) is 8.28. The molecule has 0 aliphatic heterocycles. The molecule has 2 atom stereocenters. The van der Waals surface area contributed by atoms with Gasteiger partial charge in [0.05, 0.1) is 18.8 Å². The monoisotopic (exact) mass is 508 g/mol. The van der Waals surface area contributed by atoms with E-state index in [4.69, 9.17) is 14.2 Å². The molecule has 0 bridgehead atoms. The van der Waals surface area contributed by atoms with Crippen LogP contribution >= 0.6 is 0 Å². The second kappa shape index (κ2) is 16.7. The minimum absolute atomic E-state index is 0.0853. The molecule has 2 N–H and O–H groups in total. The van der Waals surface area contributed by atoms with E-state index in [0.29, 0.717) is 30.8 Å². The van der Waals surface area contributed by atoms with Crippen LogP contribution in [0.2, 0.25) is 0 Å². The molecule has 0 saturated heterocycles. The Hall–Kier alpha value is -3.91. The number of methoxy groups -OCH3 is 1. The number of esters is 1. The molecule has 0 spiro atoms. The molecule has 2 aromatic rings. The van der Waals surface area contributed by atoms with Crippen LogP contribution in [-0.4, -0.2) is 50.2 Å². The summed E-state index contributed by atoms with van der Waals surface area (Å²) in [4.78, 5) is 38.9. The average molecular weight is 509 g/mol. The molecule has 2 rings (SSSR count). The molecule has 0 aromatic heterocycles. The predicted octanol–water partition coefficient (Wildman–Crippen LogP) is 3.97. The van der Waals surface area contributed by atoms with Crippen molar-refractivity contribution in [2.24, 2.45) is 0 Å². The van der Waals surface area contributed by atoms with Gasteiger partial charge < -0.3 is 24.8 Å². The molecule has 0 aliphatic rings. The number of hydrogen-bond donors (Lipinski definition) is 2. The van der Waals surface area contributed by atoms with Gasteiger partial charge in [0, 0.05) is 7.11 Å². The Labute approximate surface area is 218 Å². The van der Waals surface area contributed by atoms with E-state index < -0.39 is 29.9 Å². The minimum atomic E-state index is -1.04. The highest BCUT2D eigenvalue weighted by atomic mass is 16.5. The van der Waals surface area contributed by atoms with E-state index in [9.17, 15) is 14.4 Å². The van der Waals surface area contributed by atoms with Crippen molar-refractivity contribution in [3.63, 3.8) is 0 Å². The third-order valence-electron chi connectivity index (χ3n) is 5.38. The van der Waals surface area contributed by atoms with Crippen LogP contribution in [0.1, 0.15) is 41.6 Å². The van der Waals surface area contributed by atoms with Crippen LogP contribution in [0.25, 0.3) is 0 Å². The summed E-state index contributed by atoms with van der Waals surface area (Å²) in [6.45, 7) is 7.79. The van der Waals surface area contributed by atoms with E-state index in [1.54, 1.807) is 36.4 Å². The summed E-state index contributed by atoms with van der Waals surface area (Å²) in [7, 11) is 1.42. The Balaban J connectivity index is 2.06. The molecule has 0 fully saturated rings. The van der Waals surface area contributed by atoms with Gasteiger partial charge in [-0.05, 0) is 43.4 Å². The van der Waals surface area contributed by atoms with Crippen molar-refractivity contribution in [3.05, 3.63) is 91.0 Å². The van der Waals surface area contributed by atoms with Gasteiger partial charge in [-0.3, -0.25) is 9.59 Å². The van der Waals surface area contributed by atoms with E-state index in [1.165, 1.54) is 7.11 Å². The SMILES string of the molecule is C=CCCCOc1ccccc1C(=O)N[C@@H](COC)C(=O)N[C@@H](CCC=C)C(=O)OCc1ccccc1. The summed E-state index contributed by atoms with van der Waals surface area (Å²) >= 11 is 0. The third-order valence-corrected chi connectivity index (χ3v) is 5.38. The zero-order valence-electron chi connectivity index (χ0n) is 21.3. The van der Waals surface area contributed by atoms with E-state index in [0.717, 1.165) is 18.4 Å². The van der Waals surface area contributed by atoms with E-state index in [-0.39, 0.29) is 13.2 Å². The predicted molar refractivity (Wildman–Crippen MR) is 142 cm³/mol. The van der Waals surface area contributed by atoms with Gasteiger partial charge in [0.1, 0.15) is 24.4 Å². The number of amides is 2. The highest BCUT2D eigenvalue weighted by Gasteiger charge is 2.28. The van der Waals surface area contributed by atoms with Crippen LogP contribution < -0.4 is 15.4 Å². The largest absolute Gasteiger partial charge is 0.493 e. The molecular formula is C29H36N2O6. The second-order valence-electron chi connectivity index (χ2n) is 8.28. The van der Waals surface area contributed by atoms with E-state index >= 15 is 0 Å². The molecular weight excluding hydrogens is 472 g/mol. The molecule has 2 amide bonds. The minimum Gasteiger partial charge on any atom is -0.493 e. The molecule has 0 radical (unpaired) electrons. The standard InChI is InChI=1S/C29H36N2O6/c1-4-6-13-19-36-26-18-12-11-16-23(26)27(32)31-25(21-35-3)28(33)30-24(17-7-5-2)29(34)37-20-22-14-9-8-10-15-22/h4-5,8-12,14-16,18,24-25H,1-2,6-7,13,17,19-21H2,3H3,(H,30,33)(H,31,32)/t24-,25-/m0/s1. The molecule has 2 aromatic carbocycles. The normalized spacial score (nSPS) is 12.0. The summed E-state index contributed by atoms with van der Waals surface area (Å²) < 4.78 is 16.3. The molecule has 0 unspecified atom stereocenters. The fourth-order valence-corrected chi connectivity index (χ4v) is 3.41. The van der Waals surface area contributed by atoms with Crippen molar-refractivity contribution >= 4 is 17.8 Å². The number of benzene rings is 2. The van der Waals surface area contributed by atoms with Gasteiger partial charge in [0.25, 0.3) is 5.91 Å². The van der Waals surface area contributed by atoms with Gasteiger partial charge >= 0.3 is 5.97 Å². The first-order valence-electron chi connectivity index (χ1n) is 12.2. The van der Waals surface area contributed by atoms with E-state index in [2.05, 4.69) is 23.8 Å². The lowest BCUT2D eigenvalue weighted by atomic mass is 10.1. The van der Waals surface area contributed by atoms with Crippen LogP contribution in [-0.2, 0) is 25.7 Å². The number of unbranched alkanes of at least 4 members (excludes halogenated alkanes) is 1. The molecule has 8 nitrogen and oxygen atoms in total. The number of para-hydroxylation sites is 1. The van der Waals surface area contributed by atoms with Crippen molar-refractivity contribution in [3.8, 4) is 5.75 Å². The summed E-state index contributed by atoms with van der Waals surface area (Å²) in [5.41, 5.74) is 1.13. The Morgan fingerprint density at radius 2 is 1.62 bits per heavy atom. The third kappa shape index (κ3) is 10.3. The zero-order valence-corrected chi connectivity index (χ0v) is 21.3. The Morgan fingerprint density at radius 1 is 0.919 bits per heavy atom. The fraction of sp³-hybridized carbons (Fsp3) is 0.345. The van der Waals surface area contributed by atoms with Crippen molar-refractivity contribution in [2.75, 3.05) is 20.3 Å². The smallest absolute Gasteiger partial charge is 0.328 e. The Morgan fingerprint density at radius 3 is 2.32 bits per heavy atom. The van der Waals surface area contributed by atoms with Crippen molar-refractivity contribution < 1.29 is 28.6 Å². The van der Waals surface area contributed by atoms with Crippen LogP contribution in [0.5, 0.6) is 5.75 Å². The summed E-state index contributed by atoms with van der Waals surface area (Å²) in [6.07, 6.45) is 5.81. The molecule has 8 heteroatoms. The van der Waals surface area contributed by atoms with E-state index in [1.807, 2.05) is 30.3 Å². The quantitative estimate of drug-likeness (QED) is 0.190. The maximum absolute atomic E-state index is 13.1. The summed E-state index contributed by atoms with van der Waals surface area (Å²) in [6, 6.07) is 14.1. The first-order valence-corrected chi connectivity index (χ1v) is 12.2. The molecule has 0 aliphatic carbocycles. The summed E-state index contributed by atoms with van der Waals surface area (Å²) in [5, 5.41) is 5.39. The Kier molecular flexibility index (Phi) is 13.2. The van der Waals surface area contributed by atoms with Crippen LogP contribution in [0, 0.1) is 0 Å². The maximum Gasteiger partial charge on any atom is 0.328 e. The topological polar surface area (TPSA) is 103 Å². The first-order chi connectivity index (χ1) is 18.0. The zero-order chi connectivity index (χ0) is 26.9. The highest BCUT2D eigenvalue weighted by molar-refractivity contribution is 6.00. The molecule has 0 saturated carbocycles. The van der Waals surface area contributed by atoms with Crippen molar-refractivity contribution in [2.45, 2.75) is 44.4 Å². The number of nitrogens with one attached hydrogen (secondary N) is 2. The maximum atomic E-state index is 13.1. The number of allylic oxidation sites excluding steroid dienone is 2. The van der Waals surface area contributed by atoms with Crippen LogP contribution in [0.15, 0.2) is 79.9 Å². The molecule has 37 heavy (non-hydrogen) atoms. The lowest BCUT2D eigenvalue weighted by Crippen LogP contribution is -2.53. The average Bonchev–Trinajstić information content (AvgIpc) is 2.92. The van der Waals surface area contributed by atoms with Crippen molar-refractivity contribution in [1.82, 2.24) is 10.6 Å². The number of hydrogen-bond acceptors (Lipinski definition) is 6. The summed E-state index contributed by atoms with van der Waals surface area (Å²) in [5.74, 6) is -1.22. The van der Waals surface area contributed by atoms with Crippen LogP contribution in [0.3, 0.4) is 0 Å². The molecule has 0 heterocycles. The van der Waals surface area contributed by atoms with Crippen molar-refractivity contribution in [1.29, 1.82) is 0 Å². The van der Waals surface area contributed by atoms with Crippen LogP contribution in [0.4, 0.5) is 0 Å². The molecule has 198 valence electrons. The Bertz CT molecular complexity index is 1020. The first kappa shape index (κ1) is 29.3. The number of rotatable bonds is 17.